The third-order valence-electron chi connectivity index (χ3n) is 2.50. The summed E-state index contributed by atoms with van der Waals surface area (Å²) in [7, 11) is 0. The summed E-state index contributed by atoms with van der Waals surface area (Å²) in [4.78, 5) is 12.0. The quantitative estimate of drug-likeness (QED) is 0.610. The molecule has 1 unspecified atom stereocenters. The van der Waals surface area contributed by atoms with Crippen molar-refractivity contribution in [2.45, 2.75) is 32.1 Å². The number of carbonyl (C=O) groups is 1. The first-order valence-electron chi connectivity index (χ1n) is 6.29. The van der Waals surface area contributed by atoms with Crippen molar-refractivity contribution in [1.82, 2.24) is 5.32 Å². The molecule has 0 bridgehead atoms. The van der Waals surface area contributed by atoms with Crippen molar-refractivity contribution in [2.75, 3.05) is 13.2 Å². The molecule has 1 N–H and O–H groups in total. The van der Waals surface area contributed by atoms with E-state index in [1.807, 2.05) is 26.0 Å². The molecule has 3 nitrogen and oxygen atoms in total. The van der Waals surface area contributed by atoms with Gasteiger partial charge in [-0.05, 0) is 38.8 Å². The molecule has 0 heterocycles. The SMILES string of the molecule is CCOc1ccccc1C(=O)NCCCC(C)Cl. The van der Waals surface area contributed by atoms with E-state index in [0.29, 0.717) is 24.5 Å². The highest BCUT2D eigenvalue weighted by molar-refractivity contribution is 6.20. The first-order valence-corrected chi connectivity index (χ1v) is 6.73. The molecular weight excluding hydrogens is 250 g/mol. The second-order valence-corrected chi connectivity index (χ2v) is 4.85. The van der Waals surface area contributed by atoms with Crippen molar-refractivity contribution in [1.29, 1.82) is 0 Å². The van der Waals surface area contributed by atoms with Gasteiger partial charge in [-0.1, -0.05) is 12.1 Å². The fraction of sp³-hybridized carbons (Fsp3) is 0.500. The van der Waals surface area contributed by atoms with Crippen LogP contribution in [-0.2, 0) is 0 Å². The molecule has 1 aromatic rings. The highest BCUT2D eigenvalue weighted by Crippen LogP contribution is 2.17. The van der Waals surface area contributed by atoms with Crippen LogP contribution in [0.3, 0.4) is 0 Å². The first kappa shape index (κ1) is 14.8. The van der Waals surface area contributed by atoms with Crippen LogP contribution < -0.4 is 10.1 Å². The molecule has 1 amide bonds. The number of para-hydroxylation sites is 1. The van der Waals surface area contributed by atoms with Gasteiger partial charge in [-0.3, -0.25) is 4.79 Å². The minimum absolute atomic E-state index is 0.0960. The summed E-state index contributed by atoms with van der Waals surface area (Å²) in [5.74, 6) is 0.532. The molecule has 0 saturated heterocycles. The summed E-state index contributed by atoms with van der Waals surface area (Å²) in [6.07, 6.45) is 1.78. The molecule has 1 rings (SSSR count). The normalized spacial score (nSPS) is 11.9. The molecule has 0 radical (unpaired) electrons. The van der Waals surface area contributed by atoms with Crippen LogP contribution in [0.4, 0.5) is 0 Å². The second kappa shape index (κ2) is 7.98. The van der Waals surface area contributed by atoms with Gasteiger partial charge >= 0.3 is 0 Å². The number of hydrogen-bond acceptors (Lipinski definition) is 2. The maximum absolute atomic E-state index is 12.0. The molecule has 0 aromatic heterocycles. The van der Waals surface area contributed by atoms with E-state index >= 15 is 0 Å². The average molecular weight is 270 g/mol. The van der Waals surface area contributed by atoms with E-state index < -0.39 is 0 Å². The number of rotatable bonds is 7. The van der Waals surface area contributed by atoms with Gasteiger partial charge in [0.1, 0.15) is 5.75 Å². The summed E-state index contributed by atoms with van der Waals surface area (Å²) in [6, 6.07) is 7.26. The predicted molar refractivity (Wildman–Crippen MR) is 74.5 cm³/mol. The summed E-state index contributed by atoms with van der Waals surface area (Å²) < 4.78 is 5.42. The molecule has 0 spiro atoms. The maximum Gasteiger partial charge on any atom is 0.255 e. The van der Waals surface area contributed by atoms with Crippen LogP contribution in [0.5, 0.6) is 5.75 Å². The van der Waals surface area contributed by atoms with Crippen LogP contribution in [0.2, 0.25) is 0 Å². The van der Waals surface area contributed by atoms with Crippen LogP contribution in [0.15, 0.2) is 24.3 Å². The van der Waals surface area contributed by atoms with Crippen molar-refractivity contribution in [3.05, 3.63) is 29.8 Å². The zero-order chi connectivity index (χ0) is 13.4. The summed E-state index contributed by atoms with van der Waals surface area (Å²) in [5.41, 5.74) is 0.582. The Hall–Kier alpha value is -1.22. The molecule has 18 heavy (non-hydrogen) atoms. The largest absolute Gasteiger partial charge is 0.493 e. The number of hydrogen-bond donors (Lipinski definition) is 1. The predicted octanol–water partition coefficient (Wildman–Crippen LogP) is 3.22. The minimum Gasteiger partial charge on any atom is -0.493 e. The third-order valence-corrected chi connectivity index (χ3v) is 2.71. The van der Waals surface area contributed by atoms with E-state index in [2.05, 4.69) is 5.32 Å². The number of nitrogens with one attached hydrogen (secondary N) is 1. The fourth-order valence-corrected chi connectivity index (χ4v) is 1.77. The standard InChI is InChI=1S/C14H20ClNO2/c1-3-18-13-9-5-4-8-12(13)14(17)16-10-6-7-11(2)15/h4-5,8-9,11H,3,6-7,10H2,1-2H3,(H,16,17). The summed E-state index contributed by atoms with van der Waals surface area (Å²) in [5, 5.41) is 3.03. The van der Waals surface area contributed by atoms with Crippen molar-refractivity contribution in [3.8, 4) is 5.75 Å². The number of carbonyl (C=O) groups excluding carboxylic acids is 1. The van der Waals surface area contributed by atoms with Crippen LogP contribution in [0.25, 0.3) is 0 Å². The zero-order valence-corrected chi connectivity index (χ0v) is 11.7. The van der Waals surface area contributed by atoms with Crippen LogP contribution in [0, 0.1) is 0 Å². The molecule has 1 aromatic carbocycles. The Bertz CT molecular complexity index is 380. The Morgan fingerprint density at radius 2 is 2.17 bits per heavy atom. The highest BCUT2D eigenvalue weighted by Gasteiger charge is 2.10. The molecule has 4 heteroatoms. The van der Waals surface area contributed by atoms with Crippen LogP contribution in [0.1, 0.15) is 37.0 Å². The lowest BCUT2D eigenvalue weighted by Crippen LogP contribution is -2.25. The topological polar surface area (TPSA) is 38.3 Å². The Labute approximate surface area is 113 Å². The van der Waals surface area contributed by atoms with Gasteiger partial charge < -0.3 is 10.1 Å². The lowest BCUT2D eigenvalue weighted by atomic mass is 10.2. The van der Waals surface area contributed by atoms with Gasteiger partial charge in [0.15, 0.2) is 0 Å². The smallest absolute Gasteiger partial charge is 0.255 e. The Kier molecular flexibility index (Phi) is 6.58. The Morgan fingerprint density at radius 1 is 1.44 bits per heavy atom. The lowest BCUT2D eigenvalue weighted by Gasteiger charge is -2.10. The van der Waals surface area contributed by atoms with Crippen molar-refractivity contribution in [3.63, 3.8) is 0 Å². The van der Waals surface area contributed by atoms with Gasteiger partial charge in [0.2, 0.25) is 0 Å². The van der Waals surface area contributed by atoms with Gasteiger partial charge in [-0.15, -0.1) is 11.6 Å². The highest BCUT2D eigenvalue weighted by atomic mass is 35.5. The van der Waals surface area contributed by atoms with E-state index in [-0.39, 0.29) is 11.3 Å². The molecule has 0 aliphatic carbocycles. The molecular formula is C14H20ClNO2. The van der Waals surface area contributed by atoms with E-state index in [1.54, 1.807) is 12.1 Å². The molecule has 0 aliphatic heterocycles. The van der Waals surface area contributed by atoms with Crippen molar-refractivity contribution in [2.24, 2.45) is 0 Å². The fourth-order valence-electron chi connectivity index (χ4n) is 1.62. The maximum atomic E-state index is 12.0. The van der Waals surface area contributed by atoms with Gasteiger partial charge in [0.25, 0.3) is 5.91 Å². The molecule has 100 valence electrons. The number of alkyl halides is 1. The van der Waals surface area contributed by atoms with Crippen LogP contribution >= 0.6 is 11.6 Å². The third kappa shape index (κ3) is 4.96. The molecule has 1 atom stereocenters. The summed E-state index contributed by atoms with van der Waals surface area (Å²) >= 11 is 5.84. The number of benzene rings is 1. The van der Waals surface area contributed by atoms with E-state index in [4.69, 9.17) is 16.3 Å². The van der Waals surface area contributed by atoms with E-state index in [0.717, 1.165) is 12.8 Å². The van der Waals surface area contributed by atoms with Gasteiger partial charge in [0, 0.05) is 11.9 Å². The first-order chi connectivity index (χ1) is 8.65. The average Bonchev–Trinajstić information content (AvgIpc) is 2.35. The number of halogens is 1. The molecule has 0 aliphatic rings. The van der Waals surface area contributed by atoms with Crippen molar-refractivity contribution >= 4 is 17.5 Å². The monoisotopic (exact) mass is 269 g/mol. The Balaban J connectivity index is 2.50. The second-order valence-electron chi connectivity index (χ2n) is 4.11. The zero-order valence-electron chi connectivity index (χ0n) is 10.9. The van der Waals surface area contributed by atoms with Gasteiger partial charge in [-0.25, -0.2) is 0 Å². The van der Waals surface area contributed by atoms with Crippen molar-refractivity contribution < 1.29 is 9.53 Å². The van der Waals surface area contributed by atoms with E-state index in [9.17, 15) is 4.79 Å². The Morgan fingerprint density at radius 3 is 2.83 bits per heavy atom. The molecule has 0 saturated carbocycles. The molecule has 0 fully saturated rings. The van der Waals surface area contributed by atoms with Gasteiger partial charge in [-0.2, -0.15) is 0 Å². The minimum atomic E-state index is -0.0960. The van der Waals surface area contributed by atoms with Crippen LogP contribution in [-0.4, -0.2) is 24.4 Å². The van der Waals surface area contributed by atoms with Gasteiger partial charge in [0.05, 0.1) is 12.2 Å². The summed E-state index contributed by atoms with van der Waals surface area (Å²) in [6.45, 7) is 5.04. The number of amides is 1. The lowest BCUT2D eigenvalue weighted by molar-refractivity contribution is 0.0949. The number of ether oxygens (including phenoxy) is 1. The van der Waals surface area contributed by atoms with E-state index in [1.165, 1.54) is 0 Å².